The fourth-order valence-electron chi connectivity index (χ4n) is 2.33. The van der Waals surface area contributed by atoms with Crippen LogP contribution >= 0.6 is 11.8 Å². The Morgan fingerprint density at radius 2 is 2.16 bits per heavy atom. The number of halogens is 2. The molecule has 0 unspecified atom stereocenters. The predicted molar refractivity (Wildman–Crippen MR) is 89.5 cm³/mol. The number of carbonyl (C=O) groups excluding carboxylic acids is 2. The molecule has 0 bridgehead atoms. The van der Waals surface area contributed by atoms with Crippen molar-refractivity contribution in [2.75, 3.05) is 37.9 Å². The summed E-state index contributed by atoms with van der Waals surface area (Å²) in [7, 11) is 1.21. The highest BCUT2D eigenvalue weighted by molar-refractivity contribution is 7.99. The van der Waals surface area contributed by atoms with Crippen LogP contribution in [0.5, 0.6) is 0 Å². The number of ether oxygens (including phenoxy) is 1. The highest BCUT2D eigenvalue weighted by Crippen LogP contribution is 2.31. The lowest BCUT2D eigenvalue weighted by Crippen LogP contribution is -2.31. The van der Waals surface area contributed by atoms with Crippen LogP contribution in [0.15, 0.2) is 40.4 Å². The molecule has 0 atom stereocenters. The summed E-state index contributed by atoms with van der Waals surface area (Å²) in [6, 6.07) is 6.68. The maximum atomic E-state index is 12.5. The van der Waals surface area contributed by atoms with Gasteiger partial charge >= 0.3 is 5.97 Å². The number of anilines is 1. The van der Waals surface area contributed by atoms with Crippen LogP contribution in [0.1, 0.15) is 0 Å². The molecule has 0 saturated carbocycles. The Bertz CT molecular complexity index is 682. The summed E-state index contributed by atoms with van der Waals surface area (Å²) in [4.78, 5) is 26.3. The standard InChI is InChI=1S/C16H18F2N2O4S/c1-24-16(23)10-8-20(6-7-21)15(22)14(10)19-11-4-2-3-5-12(11)25-9-13(17)18/h2-5,13,19,21H,6-9H2,1H3. The van der Waals surface area contributed by atoms with Crippen molar-refractivity contribution >= 4 is 29.3 Å². The number of β-amino-alcohol motifs (C(OH)–C–C–N with tert-alkyl or cyclic N) is 1. The molecule has 1 aliphatic heterocycles. The number of para-hydroxylation sites is 1. The molecular weight excluding hydrogens is 354 g/mol. The normalized spacial score (nSPS) is 14.4. The van der Waals surface area contributed by atoms with Gasteiger partial charge < -0.3 is 20.1 Å². The lowest BCUT2D eigenvalue weighted by atomic mass is 10.2. The van der Waals surface area contributed by atoms with Gasteiger partial charge in [-0.05, 0) is 12.1 Å². The number of alkyl halides is 2. The first kappa shape index (κ1) is 19.2. The number of esters is 1. The molecule has 1 aliphatic rings. The molecule has 9 heteroatoms. The van der Waals surface area contributed by atoms with Crippen molar-refractivity contribution in [3.63, 3.8) is 0 Å². The number of nitrogens with zero attached hydrogens (tertiary/aromatic N) is 1. The first-order valence-electron chi connectivity index (χ1n) is 7.46. The predicted octanol–water partition coefficient (Wildman–Crippen LogP) is 1.72. The number of aliphatic hydroxyl groups excluding tert-OH is 1. The molecule has 1 heterocycles. The average molecular weight is 372 g/mol. The van der Waals surface area contributed by atoms with E-state index in [2.05, 4.69) is 5.32 Å². The number of nitrogens with one attached hydrogen (secondary N) is 1. The lowest BCUT2D eigenvalue weighted by molar-refractivity contribution is -0.136. The Hall–Kier alpha value is -2.13. The van der Waals surface area contributed by atoms with Crippen LogP contribution in [0, 0.1) is 0 Å². The second-order valence-electron chi connectivity index (χ2n) is 5.12. The third-order valence-corrected chi connectivity index (χ3v) is 4.55. The van der Waals surface area contributed by atoms with Crippen LogP contribution in [-0.2, 0) is 14.3 Å². The van der Waals surface area contributed by atoms with Crippen molar-refractivity contribution in [3.8, 4) is 0 Å². The summed E-state index contributed by atoms with van der Waals surface area (Å²) < 4.78 is 29.6. The van der Waals surface area contributed by atoms with E-state index >= 15 is 0 Å². The first-order chi connectivity index (χ1) is 12.0. The van der Waals surface area contributed by atoms with E-state index in [0.717, 1.165) is 11.8 Å². The van der Waals surface area contributed by atoms with Crippen LogP contribution in [0.25, 0.3) is 0 Å². The molecule has 0 aromatic heterocycles. The van der Waals surface area contributed by atoms with E-state index in [9.17, 15) is 18.4 Å². The molecule has 136 valence electrons. The van der Waals surface area contributed by atoms with Crippen molar-refractivity contribution in [3.05, 3.63) is 35.5 Å². The molecule has 0 aliphatic carbocycles. The van der Waals surface area contributed by atoms with Crippen molar-refractivity contribution in [2.45, 2.75) is 11.3 Å². The Morgan fingerprint density at radius 3 is 2.80 bits per heavy atom. The molecule has 0 saturated heterocycles. The van der Waals surface area contributed by atoms with Crippen molar-refractivity contribution in [1.29, 1.82) is 0 Å². The molecule has 0 radical (unpaired) electrons. The van der Waals surface area contributed by atoms with E-state index in [0.29, 0.717) is 10.6 Å². The van der Waals surface area contributed by atoms with Gasteiger partial charge in [-0.1, -0.05) is 12.1 Å². The first-order valence-corrected chi connectivity index (χ1v) is 8.45. The number of thioether (sulfide) groups is 1. The number of benzene rings is 1. The number of rotatable bonds is 8. The van der Waals surface area contributed by atoms with Crippen LogP contribution in [-0.4, -0.2) is 60.9 Å². The van der Waals surface area contributed by atoms with Gasteiger partial charge in [-0.25, -0.2) is 13.6 Å². The van der Waals surface area contributed by atoms with Gasteiger partial charge in [0.05, 0.1) is 37.3 Å². The van der Waals surface area contributed by atoms with Gasteiger partial charge in [0.2, 0.25) is 6.43 Å². The van der Waals surface area contributed by atoms with Crippen LogP contribution < -0.4 is 5.32 Å². The zero-order valence-corrected chi connectivity index (χ0v) is 14.3. The molecule has 2 rings (SSSR count). The van der Waals surface area contributed by atoms with Gasteiger partial charge in [-0.15, -0.1) is 11.8 Å². The van der Waals surface area contributed by atoms with E-state index in [-0.39, 0.29) is 36.7 Å². The molecular formula is C16H18F2N2O4S. The second-order valence-corrected chi connectivity index (χ2v) is 6.18. The number of amides is 1. The Labute approximate surface area is 147 Å². The molecule has 25 heavy (non-hydrogen) atoms. The second kappa shape index (κ2) is 8.82. The Balaban J connectivity index is 2.29. The van der Waals surface area contributed by atoms with E-state index in [1.165, 1.54) is 12.0 Å². The smallest absolute Gasteiger partial charge is 0.337 e. The van der Waals surface area contributed by atoms with Crippen LogP contribution in [0.2, 0.25) is 0 Å². The molecule has 6 nitrogen and oxygen atoms in total. The molecule has 1 amide bonds. The zero-order valence-electron chi connectivity index (χ0n) is 13.5. The van der Waals surface area contributed by atoms with Gasteiger partial charge in [0.1, 0.15) is 5.70 Å². The zero-order chi connectivity index (χ0) is 18.4. The third-order valence-electron chi connectivity index (χ3n) is 3.47. The van der Waals surface area contributed by atoms with Crippen LogP contribution in [0.3, 0.4) is 0 Å². The maximum absolute atomic E-state index is 12.5. The van der Waals surface area contributed by atoms with Gasteiger partial charge in [-0.2, -0.15) is 0 Å². The van der Waals surface area contributed by atoms with Crippen molar-refractivity contribution in [1.82, 2.24) is 4.90 Å². The Kier molecular flexibility index (Phi) is 6.77. The van der Waals surface area contributed by atoms with Crippen molar-refractivity contribution < 1.29 is 28.2 Å². The number of carbonyl (C=O) groups is 2. The summed E-state index contributed by atoms with van der Waals surface area (Å²) in [5.74, 6) is -1.50. The van der Waals surface area contributed by atoms with Gasteiger partial charge in [0.15, 0.2) is 0 Å². The number of aliphatic hydroxyl groups is 1. The number of hydrogen-bond acceptors (Lipinski definition) is 6. The summed E-state index contributed by atoms with van der Waals surface area (Å²) >= 11 is 0.950. The number of hydrogen-bond donors (Lipinski definition) is 2. The van der Waals surface area contributed by atoms with Gasteiger partial charge in [0.25, 0.3) is 5.91 Å². The van der Waals surface area contributed by atoms with E-state index in [1.807, 2.05) is 0 Å². The minimum atomic E-state index is -2.46. The highest BCUT2D eigenvalue weighted by Gasteiger charge is 2.34. The summed E-state index contributed by atoms with van der Waals surface area (Å²) in [5.41, 5.74) is 0.615. The van der Waals surface area contributed by atoms with E-state index in [4.69, 9.17) is 9.84 Å². The lowest BCUT2D eigenvalue weighted by Gasteiger charge is -2.16. The van der Waals surface area contributed by atoms with Gasteiger partial charge in [0, 0.05) is 11.4 Å². The fourth-order valence-corrected chi connectivity index (χ4v) is 3.09. The average Bonchev–Trinajstić information content (AvgIpc) is 2.90. The molecule has 1 aromatic carbocycles. The van der Waals surface area contributed by atoms with Crippen molar-refractivity contribution in [2.24, 2.45) is 0 Å². The van der Waals surface area contributed by atoms with E-state index in [1.54, 1.807) is 24.3 Å². The SMILES string of the molecule is COC(=O)C1=C(Nc2ccccc2SCC(F)F)C(=O)N(CCO)C1. The molecule has 1 aromatic rings. The molecule has 0 spiro atoms. The largest absolute Gasteiger partial charge is 0.466 e. The summed E-state index contributed by atoms with van der Waals surface area (Å²) in [5, 5.41) is 11.9. The maximum Gasteiger partial charge on any atom is 0.337 e. The fraction of sp³-hybridized carbons (Fsp3) is 0.375. The minimum Gasteiger partial charge on any atom is -0.466 e. The monoisotopic (exact) mass is 372 g/mol. The van der Waals surface area contributed by atoms with E-state index < -0.39 is 18.3 Å². The third kappa shape index (κ3) is 4.70. The summed E-state index contributed by atoms with van der Waals surface area (Å²) in [6.07, 6.45) is -2.46. The number of methoxy groups -OCH3 is 1. The molecule has 2 N–H and O–H groups in total. The summed E-state index contributed by atoms with van der Waals surface area (Å²) in [6.45, 7) is -0.151. The highest BCUT2D eigenvalue weighted by atomic mass is 32.2. The quantitative estimate of drug-likeness (QED) is 0.534. The Morgan fingerprint density at radius 1 is 1.44 bits per heavy atom. The minimum absolute atomic E-state index is 0.0146. The van der Waals surface area contributed by atoms with Gasteiger partial charge in [-0.3, -0.25) is 4.79 Å². The van der Waals surface area contributed by atoms with Crippen LogP contribution in [0.4, 0.5) is 14.5 Å². The molecule has 0 fully saturated rings. The topological polar surface area (TPSA) is 78.9 Å².